The summed E-state index contributed by atoms with van der Waals surface area (Å²) in [4.78, 5) is 4.63. The molecule has 2 unspecified atom stereocenters. The highest BCUT2D eigenvalue weighted by Gasteiger charge is 2.33. The average Bonchev–Trinajstić information content (AvgIpc) is 2.88. The molecule has 18 heavy (non-hydrogen) atoms. The van der Waals surface area contributed by atoms with Crippen molar-refractivity contribution in [3.8, 4) is 0 Å². The molecule has 2 atom stereocenters. The lowest BCUT2D eigenvalue weighted by molar-refractivity contribution is 0.368. The Morgan fingerprint density at radius 3 is 2.39 bits per heavy atom. The summed E-state index contributed by atoms with van der Waals surface area (Å²) < 4.78 is 0. The van der Waals surface area contributed by atoms with Crippen LogP contribution in [0, 0.1) is 11.3 Å². The smallest absolute Gasteiger partial charge is 0.191 e. The molecule has 2 N–H and O–H groups in total. The van der Waals surface area contributed by atoms with Crippen LogP contribution in [0.15, 0.2) is 4.99 Å². The van der Waals surface area contributed by atoms with Gasteiger partial charge in [-0.05, 0) is 37.5 Å². The van der Waals surface area contributed by atoms with Crippen LogP contribution < -0.4 is 10.6 Å². The predicted molar refractivity (Wildman–Crippen MR) is 90.8 cm³/mol. The number of hydrogen-bond acceptors (Lipinski definition) is 1. The van der Waals surface area contributed by atoms with Gasteiger partial charge in [0.25, 0.3) is 0 Å². The third-order valence-corrected chi connectivity index (χ3v) is 3.13. The van der Waals surface area contributed by atoms with Crippen LogP contribution in [0.1, 0.15) is 53.9 Å². The molecule has 0 aromatic heterocycles. The minimum atomic E-state index is 0. The fraction of sp³-hybridized carbons (Fsp3) is 0.929. The first kappa shape index (κ1) is 18.0. The number of guanidine groups is 1. The van der Waals surface area contributed by atoms with Crippen LogP contribution in [0.5, 0.6) is 0 Å². The Bertz CT molecular complexity index is 258. The van der Waals surface area contributed by atoms with Gasteiger partial charge in [0.15, 0.2) is 5.96 Å². The molecular weight excluding hydrogens is 337 g/mol. The molecule has 0 aliphatic heterocycles. The molecule has 0 aromatic rings. The van der Waals surface area contributed by atoms with Crippen molar-refractivity contribution in [2.45, 2.75) is 59.9 Å². The molecule has 1 rings (SSSR count). The van der Waals surface area contributed by atoms with Crippen molar-refractivity contribution in [2.24, 2.45) is 16.3 Å². The monoisotopic (exact) mass is 367 g/mol. The molecule has 4 heteroatoms. The van der Waals surface area contributed by atoms with Crippen molar-refractivity contribution >= 4 is 29.9 Å². The third-order valence-electron chi connectivity index (χ3n) is 3.13. The standard InChI is InChI=1S/C14H29N3.HI/c1-6-15-13(17-12-10-11(12)2)16-9-7-8-14(3,4)5;/h11-12H,6-10H2,1-5H3,(H2,15,16,17);1H. The Labute approximate surface area is 130 Å². The molecule has 108 valence electrons. The third kappa shape index (κ3) is 8.16. The minimum Gasteiger partial charge on any atom is -0.357 e. The van der Waals surface area contributed by atoms with Crippen molar-refractivity contribution in [2.75, 3.05) is 13.1 Å². The molecular formula is C14H30IN3. The molecule has 1 fully saturated rings. The maximum Gasteiger partial charge on any atom is 0.191 e. The van der Waals surface area contributed by atoms with Crippen LogP contribution in [-0.2, 0) is 0 Å². The van der Waals surface area contributed by atoms with E-state index in [0.717, 1.165) is 25.0 Å². The molecule has 0 radical (unpaired) electrons. The summed E-state index contributed by atoms with van der Waals surface area (Å²) in [5, 5.41) is 6.79. The lowest BCUT2D eigenvalue weighted by Gasteiger charge is -2.17. The van der Waals surface area contributed by atoms with Crippen LogP contribution in [0.3, 0.4) is 0 Å². The Kier molecular flexibility index (Phi) is 8.23. The first-order chi connectivity index (χ1) is 7.92. The number of rotatable bonds is 5. The summed E-state index contributed by atoms with van der Waals surface area (Å²) in [5.74, 6) is 1.81. The highest BCUT2D eigenvalue weighted by molar-refractivity contribution is 14.0. The molecule has 1 aliphatic carbocycles. The maximum absolute atomic E-state index is 4.63. The number of halogens is 1. The summed E-state index contributed by atoms with van der Waals surface area (Å²) in [6.45, 7) is 13.1. The molecule has 0 aromatic carbocycles. The highest BCUT2D eigenvalue weighted by atomic mass is 127. The zero-order valence-electron chi connectivity index (χ0n) is 12.5. The van der Waals surface area contributed by atoms with Gasteiger partial charge in [0, 0.05) is 19.1 Å². The van der Waals surface area contributed by atoms with Gasteiger partial charge in [0.1, 0.15) is 0 Å². The molecule has 1 saturated carbocycles. The van der Waals surface area contributed by atoms with E-state index in [4.69, 9.17) is 0 Å². The van der Waals surface area contributed by atoms with E-state index in [-0.39, 0.29) is 24.0 Å². The van der Waals surface area contributed by atoms with Crippen LogP contribution >= 0.6 is 24.0 Å². The number of nitrogens with zero attached hydrogens (tertiary/aromatic N) is 1. The molecule has 1 aliphatic rings. The van der Waals surface area contributed by atoms with Crippen LogP contribution in [0.25, 0.3) is 0 Å². The second kappa shape index (κ2) is 8.23. The first-order valence-electron chi connectivity index (χ1n) is 6.97. The number of aliphatic imine (C=N–C) groups is 1. The van der Waals surface area contributed by atoms with Crippen LogP contribution in [-0.4, -0.2) is 25.1 Å². The fourth-order valence-electron chi connectivity index (χ4n) is 1.82. The van der Waals surface area contributed by atoms with E-state index >= 15 is 0 Å². The topological polar surface area (TPSA) is 36.4 Å². The Morgan fingerprint density at radius 1 is 1.33 bits per heavy atom. The van der Waals surface area contributed by atoms with Gasteiger partial charge in [-0.1, -0.05) is 27.7 Å². The lowest BCUT2D eigenvalue weighted by atomic mass is 9.91. The zero-order chi connectivity index (χ0) is 12.9. The summed E-state index contributed by atoms with van der Waals surface area (Å²) in [6.07, 6.45) is 3.68. The lowest BCUT2D eigenvalue weighted by Crippen LogP contribution is -2.39. The maximum atomic E-state index is 4.63. The van der Waals surface area contributed by atoms with E-state index in [2.05, 4.69) is 50.2 Å². The average molecular weight is 367 g/mol. The fourth-order valence-corrected chi connectivity index (χ4v) is 1.82. The zero-order valence-corrected chi connectivity index (χ0v) is 14.9. The van der Waals surface area contributed by atoms with E-state index in [1.165, 1.54) is 19.3 Å². The summed E-state index contributed by atoms with van der Waals surface area (Å²) in [7, 11) is 0. The Hall–Kier alpha value is 0. The van der Waals surface area contributed by atoms with E-state index in [1.54, 1.807) is 0 Å². The second-order valence-corrected chi connectivity index (χ2v) is 6.39. The second-order valence-electron chi connectivity index (χ2n) is 6.39. The molecule has 0 spiro atoms. The van der Waals surface area contributed by atoms with Gasteiger partial charge in [-0.15, -0.1) is 24.0 Å². The normalized spacial score (nSPS) is 23.3. The van der Waals surface area contributed by atoms with Gasteiger partial charge in [0.05, 0.1) is 0 Å². The quantitative estimate of drug-likeness (QED) is 0.338. The van der Waals surface area contributed by atoms with Gasteiger partial charge >= 0.3 is 0 Å². The van der Waals surface area contributed by atoms with Gasteiger partial charge in [-0.3, -0.25) is 4.99 Å². The number of hydrogen-bond donors (Lipinski definition) is 2. The van der Waals surface area contributed by atoms with Crippen molar-refractivity contribution in [1.29, 1.82) is 0 Å². The highest BCUT2D eigenvalue weighted by Crippen LogP contribution is 2.28. The van der Waals surface area contributed by atoms with Crippen molar-refractivity contribution < 1.29 is 0 Å². The largest absolute Gasteiger partial charge is 0.357 e. The van der Waals surface area contributed by atoms with E-state index < -0.39 is 0 Å². The van der Waals surface area contributed by atoms with E-state index in [1.807, 2.05) is 0 Å². The predicted octanol–water partition coefficient (Wildman–Crippen LogP) is 3.39. The molecule has 0 amide bonds. The van der Waals surface area contributed by atoms with Crippen LogP contribution in [0.4, 0.5) is 0 Å². The van der Waals surface area contributed by atoms with E-state index in [9.17, 15) is 0 Å². The summed E-state index contributed by atoms with van der Waals surface area (Å²) >= 11 is 0. The minimum absolute atomic E-state index is 0. The summed E-state index contributed by atoms with van der Waals surface area (Å²) in [6, 6.07) is 0.649. The van der Waals surface area contributed by atoms with Crippen molar-refractivity contribution in [1.82, 2.24) is 10.6 Å². The van der Waals surface area contributed by atoms with Gasteiger partial charge in [-0.25, -0.2) is 0 Å². The van der Waals surface area contributed by atoms with Gasteiger partial charge in [0.2, 0.25) is 0 Å². The Morgan fingerprint density at radius 2 is 1.94 bits per heavy atom. The Balaban J connectivity index is 0.00000289. The molecule has 0 heterocycles. The molecule has 3 nitrogen and oxygen atoms in total. The summed E-state index contributed by atoms with van der Waals surface area (Å²) in [5.41, 5.74) is 0.423. The van der Waals surface area contributed by atoms with Crippen molar-refractivity contribution in [3.05, 3.63) is 0 Å². The number of nitrogens with one attached hydrogen (secondary N) is 2. The van der Waals surface area contributed by atoms with E-state index in [0.29, 0.717) is 11.5 Å². The first-order valence-corrected chi connectivity index (χ1v) is 6.97. The SMILES string of the molecule is CCNC(=NCCCC(C)(C)C)NC1CC1C.I. The molecule has 0 bridgehead atoms. The van der Waals surface area contributed by atoms with Gasteiger partial charge in [-0.2, -0.15) is 0 Å². The van der Waals surface area contributed by atoms with Gasteiger partial charge < -0.3 is 10.6 Å². The van der Waals surface area contributed by atoms with Crippen LogP contribution in [0.2, 0.25) is 0 Å². The van der Waals surface area contributed by atoms with Crippen molar-refractivity contribution in [3.63, 3.8) is 0 Å². The molecule has 0 saturated heterocycles.